The number of carbonyl (C=O) groups is 1. The maximum Gasteiger partial charge on any atom is 0.290 e. The largest absolute Gasteiger partial charge is 0.450 e. The molecule has 0 saturated heterocycles. The topological polar surface area (TPSA) is 59.8 Å². The molecular formula is C21H18ClNO4. The van der Waals surface area contributed by atoms with Crippen molar-refractivity contribution in [2.75, 3.05) is 20.3 Å². The number of fused-ring (bicyclic) bond motifs is 2. The van der Waals surface area contributed by atoms with Crippen LogP contribution in [0.2, 0.25) is 5.02 Å². The maximum absolute atomic E-state index is 13.3. The van der Waals surface area contributed by atoms with Gasteiger partial charge in [0.15, 0.2) is 5.43 Å². The zero-order valence-electron chi connectivity index (χ0n) is 14.8. The van der Waals surface area contributed by atoms with E-state index < -0.39 is 6.04 Å². The molecule has 0 fully saturated rings. The fourth-order valence-electron chi connectivity index (χ4n) is 3.58. The number of hydrogen-bond acceptors (Lipinski definition) is 4. The molecule has 1 aromatic heterocycles. The van der Waals surface area contributed by atoms with E-state index in [0.717, 1.165) is 5.56 Å². The Labute approximate surface area is 161 Å². The van der Waals surface area contributed by atoms with Crippen LogP contribution < -0.4 is 5.43 Å². The third-order valence-electron chi connectivity index (χ3n) is 4.79. The predicted molar refractivity (Wildman–Crippen MR) is 103 cm³/mol. The second-order valence-corrected chi connectivity index (χ2v) is 6.91. The van der Waals surface area contributed by atoms with Gasteiger partial charge in [-0.3, -0.25) is 9.59 Å². The maximum atomic E-state index is 13.3. The van der Waals surface area contributed by atoms with E-state index in [2.05, 4.69) is 0 Å². The monoisotopic (exact) mass is 383 g/mol. The van der Waals surface area contributed by atoms with Gasteiger partial charge in [-0.1, -0.05) is 41.9 Å². The van der Waals surface area contributed by atoms with E-state index >= 15 is 0 Å². The highest BCUT2D eigenvalue weighted by Crippen LogP contribution is 2.38. The molecular weight excluding hydrogens is 366 g/mol. The Morgan fingerprint density at radius 1 is 1.15 bits per heavy atom. The Morgan fingerprint density at radius 3 is 2.67 bits per heavy atom. The summed E-state index contributed by atoms with van der Waals surface area (Å²) in [6, 6.07) is 13.9. The van der Waals surface area contributed by atoms with Crippen LogP contribution in [0.4, 0.5) is 0 Å². The van der Waals surface area contributed by atoms with E-state index in [-0.39, 0.29) is 17.1 Å². The number of rotatable bonds is 5. The number of amides is 1. The van der Waals surface area contributed by atoms with Crippen LogP contribution in [-0.4, -0.2) is 31.1 Å². The van der Waals surface area contributed by atoms with Gasteiger partial charge in [-0.15, -0.1) is 0 Å². The van der Waals surface area contributed by atoms with Crippen LogP contribution in [0.1, 0.15) is 34.1 Å². The summed E-state index contributed by atoms with van der Waals surface area (Å²) in [5, 5.41) is 0.834. The van der Waals surface area contributed by atoms with Crippen LogP contribution in [0.5, 0.6) is 0 Å². The van der Waals surface area contributed by atoms with Gasteiger partial charge < -0.3 is 14.1 Å². The summed E-state index contributed by atoms with van der Waals surface area (Å²) in [5.74, 6) is -0.162. The summed E-state index contributed by atoms with van der Waals surface area (Å²) in [6.45, 7) is 0.994. The molecule has 138 valence electrons. The summed E-state index contributed by atoms with van der Waals surface area (Å²) in [7, 11) is 1.62. The summed E-state index contributed by atoms with van der Waals surface area (Å²) in [6.07, 6.45) is 0.666. The second-order valence-electron chi connectivity index (χ2n) is 6.47. The predicted octanol–water partition coefficient (Wildman–Crippen LogP) is 4.03. The van der Waals surface area contributed by atoms with E-state index in [9.17, 15) is 9.59 Å². The lowest BCUT2D eigenvalue weighted by molar-refractivity contribution is 0.0708. The fraction of sp³-hybridized carbons (Fsp3) is 0.238. The first-order valence-corrected chi connectivity index (χ1v) is 9.10. The zero-order valence-corrected chi connectivity index (χ0v) is 15.5. The van der Waals surface area contributed by atoms with Gasteiger partial charge in [0.25, 0.3) is 5.91 Å². The van der Waals surface area contributed by atoms with E-state index in [1.54, 1.807) is 30.2 Å². The second kappa shape index (κ2) is 7.18. The number of hydrogen-bond donors (Lipinski definition) is 0. The van der Waals surface area contributed by atoms with Crippen LogP contribution >= 0.6 is 11.6 Å². The molecule has 0 aliphatic carbocycles. The summed E-state index contributed by atoms with van der Waals surface area (Å²) < 4.78 is 11.0. The first-order chi connectivity index (χ1) is 13.1. The van der Waals surface area contributed by atoms with Crippen LogP contribution in [0.15, 0.2) is 57.7 Å². The molecule has 3 aromatic rings. The van der Waals surface area contributed by atoms with Crippen molar-refractivity contribution in [1.82, 2.24) is 4.90 Å². The van der Waals surface area contributed by atoms with Crippen molar-refractivity contribution in [3.63, 3.8) is 0 Å². The van der Waals surface area contributed by atoms with Crippen LogP contribution in [0, 0.1) is 0 Å². The highest BCUT2D eigenvalue weighted by atomic mass is 35.5. The van der Waals surface area contributed by atoms with Crippen molar-refractivity contribution in [2.45, 2.75) is 12.5 Å². The Hall–Kier alpha value is -2.63. The van der Waals surface area contributed by atoms with Gasteiger partial charge in [0.2, 0.25) is 5.76 Å². The van der Waals surface area contributed by atoms with Gasteiger partial charge in [-0.05, 0) is 30.2 Å². The molecule has 1 unspecified atom stereocenters. The molecule has 0 saturated carbocycles. The van der Waals surface area contributed by atoms with E-state index in [0.29, 0.717) is 41.1 Å². The molecule has 1 aliphatic heterocycles. The number of carbonyl (C=O) groups excluding carboxylic acids is 1. The molecule has 0 bridgehead atoms. The molecule has 2 heterocycles. The van der Waals surface area contributed by atoms with Gasteiger partial charge in [0.1, 0.15) is 5.58 Å². The minimum Gasteiger partial charge on any atom is -0.450 e. The molecule has 2 aromatic carbocycles. The van der Waals surface area contributed by atoms with E-state index in [1.165, 1.54) is 0 Å². The average Bonchev–Trinajstić information content (AvgIpc) is 2.96. The van der Waals surface area contributed by atoms with Gasteiger partial charge in [0, 0.05) is 25.3 Å². The average molecular weight is 384 g/mol. The normalized spacial score (nSPS) is 16.1. The summed E-state index contributed by atoms with van der Waals surface area (Å²) in [4.78, 5) is 28.0. The third kappa shape index (κ3) is 3.03. The van der Waals surface area contributed by atoms with Crippen LogP contribution in [0.3, 0.4) is 0 Å². The molecule has 0 radical (unpaired) electrons. The minimum absolute atomic E-state index is 0.112. The number of benzene rings is 2. The third-order valence-corrected chi connectivity index (χ3v) is 5.03. The smallest absolute Gasteiger partial charge is 0.290 e. The highest BCUT2D eigenvalue weighted by Gasteiger charge is 2.42. The van der Waals surface area contributed by atoms with Crippen molar-refractivity contribution in [2.24, 2.45) is 0 Å². The molecule has 27 heavy (non-hydrogen) atoms. The van der Waals surface area contributed by atoms with Crippen molar-refractivity contribution in [3.05, 3.63) is 80.7 Å². The minimum atomic E-state index is -0.481. The standard InChI is InChI=1S/C21H18ClNO4/c1-26-11-5-10-23-18(13-6-3-2-4-7-13)17-19(24)15-12-14(22)8-9-16(15)27-20(17)21(23)25/h2-4,6-9,12,18H,5,10-11H2,1H3. The first-order valence-electron chi connectivity index (χ1n) is 8.73. The summed E-state index contributed by atoms with van der Waals surface area (Å²) in [5.41, 5.74) is 1.39. The molecule has 1 aliphatic rings. The highest BCUT2D eigenvalue weighted by molar-refractivity contribution is 6.31. The first kappa shape index (κ1) is 17.8. The Bertz CT molecular complexity index is 1060. The molecule has 5 nitrogen and oxygen atoms in total. The number of halogens is 1. The molecule has 0 spiro atoms. The molecule has 1 amide bonds. The number of nitrogens with zero attached hydrogens (tertiary/aromatic N) is 1. The molecule has 4 rings (SSSR count). The van der Waals surface area contributed by atoms with E-state index in [4.69, 9.17) is 20.8 Å². The lowest BCUT2D eigenvalue weighted by Crippen LogP contribution is -2.31. The molecule has 1 atom stereocenters. The van der Waals surface area contributed by atoms with Crippen molar-refractivity contribution >= 4 is 28.5 Å². The number of methoxy groups -OCH3 is 1. The zero-order chi connectivity index (χ0) is 19.0. The van der Waals surface area contributed by atoms with Gasteiger partial charge in [-0.2, -0.15) is 0 Å². The lowest BCUT2D eigenvalue weighted by Gasteiger charge is -2.25. The van der Waals surface area contributed by atoms with Gasteiger partial charge in [0.05, 0.1) is 17.0 Å². The van der Waals surface area contributed by atoms with Crippen LogP contribution in [0.25, 0.3) is 11.0 Å². The lowest BCUT2D eigenvalue weighted by atomic mass is 9.98. The van der Waals surface area contributed by atoms with Gasteiger partial charge >= 0.3 is 0 Å². The Balaban J connectivity index is 1.92. The number of ether oxygens (including phenoxy) is 1. The molecule has 0 N–H and O–H groups in total. The van der Waals surface area contributed by atoms with Crippen LogP contribution in [-0.2, 0) is 4.74 Å². The summed E-state index contributed by atoms with van der Waals surface area (Å²) >= 11 is 6.07. The SMILES string of the molecule is COCCCN1C(=O)c2oc3ccc(Cl)cc3c(=O)c2C1c1ccccc1. The quantitative estimate of drug-likeness (QED) is 0.624. The molecule has 6 heteroatoms. The fourth-order valence-corrected chi connectivity index (χ4v) is 3.76. The van der Waals surface area contributed by atoms with Crippen molar-refractivity contribution in [1.29, 1.82) is 0 Å². The van der Waals surface area contributed by atoms with Crippen molar-refractivity contribution < 1.29 is 13.9 Å². The van der Waals surface area contributed by atoms with Crippen molar-refractivity contribution in [3.8, 4) is 0 Å². The Morgan fingerprint density at radius 2 is 1.93 bits per heavy atom. The van der Waals surface area contributed by atoms with Gasteiger partial charge in [-0.25, -0.2) is 0 Å². The Kier molecular flexibility index (Phi) is 4.72. The van der Waals surface area contributed by atoms with E-state index in [1.807, 2.05) is 30.3 Å².